The first kappa shape index (κ1) is 17.4. The number of hydrogen-bond donors (Lipinski definition) is 1. The maximum absolute atomic E-state index is 10.8. The molecule has 124 valence electrons. The molecule has 3 rings (SSSR count). The van der Waals surface area contributed by atoms with Gasteiger partial charge in [-0.15, -0.1) is 12.4 Å². The summed E-state index contributed by atoms with van der Waals surface area (Å²) < 4.78 is 0. The predicted molar refractivity (Wildman–Crippen MR) is 92.3 cm³/mol. The minimum atomic E-state index is -0.419. The Morgan fingerprint density at radius 1 is 1.43 bits per heavy atom. The molecular formula is C15H20ClN5O2. The van der Waals surface area contributed by atoms with E-state index in [1.807, 2.05) is 7.05 Å². The molecule has 1 N–H and O–H groups in total. The normalized spacial score (nSPS) is 17.5. The molecule has 0 spiro atoms. The average molecular weight is 338 g/mol. The van der Waals surface area contributed by atoms with Gasteiger partial charge in [-0.05, 0) is 37.9 Å². The van der Waals surface area contributed by atoms with Crippen LogP contribution >= 0.6 is 12.4 Å². The molecule has 8 heteroatoms. The van der Waals surface area contributed by atoms with Crippen LogP contribution in [0, 0.1) is 16.0 Å². The van der Waals surface area contributed by atoms with Gasteiger partial charge in [0.1, 0.15) is 5.82 Å². The monoisotopic (exact) mass is 337 g/mol. The summed E-state index contributed by atoms with van der Waals surface area (Å²) >= 11 is 0. The summed E-state index contributed by atoms with van der Waals surface area (Å²) in [5.41, 5.74) is 1.26. The summed E-state index contributed by atoms with van der Waals surface area (Å²) in [6.07, 6.45) is 4.12. The van der Waals surface area contributed by atoms with Gasteiger partial charge in [0.2, 0.25) is 0 Å². The van der Waals surface area contributed by atoms with Gasteiger partial charge in [0.05, 0.1) is 22.2 Å². The number of hydrogen-bond acceptors (Lipinski definition) is 6. The van der Waals surface area contributed by atoms with E-state index in [1.54, 1.807) is 12.3 Å². The molecule has 2 heterocycles. The number of rotatable bonds is 4. The summed E-state index contributed by atoms with van der Waals surface area (Å²) in [5.74, 6) is 1.42. The van der Waals surface area contributed by atoms with Crippen LogP contribution in [0.5, 0.6) is 0 Å². The number of halogens is 1. The molecule has 1 aromatic carbocycles. The molecule has 23 heavy (non-hydrogen) atoms. The Morgan fingerprint density at radius 2 is 2.26 bits per heavy atom. The van der Waals surface area contributed by atoms with Gasteiger partial charge in [0, 0.05) is 25.7 Å². The van der Waals surface area contributed by atoms with E-state index in [2.05, 4.69) is 20.2 Å². The van der Waals surface area contributed by atoms with E-state index in [-0.39, 0.29) is 18.1 Å². The lowest BCUT2D eigenvalue weighted by Crippen LogP contribution is -2.37. The molecule has 7 nitrogen and oxygen atoms in total. The predicted octanol–water partition coefficient (Wildman–Crippen LogP) is 2.40. The minimum absolute atomic E-state index is 0. The molecule has 2 aromatic rings. The van der Waals surface area contributed by atoms with Gasteiger partial charge in [-0.3, -0.25) is 15.1 Å². The van der Waals surface area contributed by atoms with Crippen molar-refractivity contribution in [1.82, 2.24) is 15.3 Å². The highest BCUT2D eigenvalue weighted by molar-refractivity contribution is 5.85. The maximum Gasteiger partial charge on any atom is 0.271 e. The molecule has 0 bridgehead atoms. The number of fused-ring (bicyclic) bond motifs is 1. The van der Waals surface area contributed by atoms with E-state index in [9.17, 15) is 10.1 Å². The van der Waals surface area contributed by atoms with Crippen LogP contribution in [0.2, 0.25) is 0 Å². The van der Waals surface area contributed by atoms with E-state index in [0.29, 0.717) is 17.0 Å². The second-order valence-corrected chi connectivity index (χ2v) is 5.75. The molecule has 1 unspecified atom stereocenters. The van der Waals surface area contributed by atoms with Crippen molar-refractivity contribution < 1.29 is 4.92 Å². The molecule has 1 atom stereocenters. The number of non-ortho nitro benzene ring substituents is 1. The number of nitro groups is 1. The van der Waals surface area contributed by atoms with E-state index in [0.717, 1.165) is 25.5 Å². The second kappa shape index (κ2) is 7.52. The van der Waals surface area contributed by atoms with Crippen molar-refractivity contribution >= 4 is 34.9 Å². The highest BCUT2D eigenvalue weighted by Gasteiger charge is 2.16. The van der Waals surface area contributed by atoms with Crippen LogP contribution in [0.3, 0.4) is 0 Å². The van der Waals surface area contributed by atoms with E-state index in [1.165, 1.54) is 25.0 Å². The zero-order chi connectivity index (χ0) is 15.5. The highest BCUT2D eigenvalue weighted by Crippen LogP contribution is 2.21. The fourth-order valence-corrected chi connectivity index (χ4v) is 2.85. The maximum atomic E-state index is 10.8. The standard InChI is InChI=1S/C15H19N5O2.ClH/c1-19(10-11-3-2-6-16-8-11)15-9-17-14-7-12(20(21)22)4-5-13(14)18-15;/h4-5,7,9,11,16H,2-3,6,8,10H2,1H3;1H. The molecule has 1 aliphatic rings. The van der Waals surface area contributed by atoms with Gasteiger partial charge in [-0.25, -0.2) is 4.98 Å². The molecule has 0 amide bonds. The van der Waals surface area contributed by atoms with Crippen molar-refractivity contribution in [3.05, 3.63) is 34.5 Å². The van der Waals surface area contributed by atoms with Crippen LogP contribution in [0.4, 0.5) is 11.5 Å². The van der Waals surface area contributed by atoms with Gasteiger partial charge in [0.15, 0.2) is 0 Å². The third-order valence-corrected chi connectivity index (χ3v) is 4.05. The van der Waals surface area contributed by atoms with Crippen molar-refractivity contribution in [3.63, 3.8) is 0 Å². The molecule has 0 saturated carbocycles. The lowest BCUT2D eigenvalue weighted by Gasteiger charge is -2.28. The van der Waals surface area contributed by atoms with Crippen molar-refractivity contribution in [2.45, 2.75) is 12.8 Å². The third kappa shape index (κ3) is 4.05. The molecule has 1 aromatic heterocycles. The SMILES string of the molecule is CN(CC1CCCNC1)c1cnc2cc([N+](=O)[O-])ccc2n1.Cl. The van der Waals surface area contributed by atoms with E-state index < -0.39 is 4.92 Å². The summed E-state index contributed by atoms with van der Waals surface area (Å²) in [4.78, 5) is 21.3. The summed E-state index contributed by atoms with van der Waals surface area (Å²) in [6.45, 7) is 3.08. The molecule has 0 radical (unpaired) electrons. The van der Waals surface area contributed by atoms with Gasteiger partial charge in [0.25, 0.3) is 5.69 Å². The first-order valence-corrected chi connectivity index (χ1v) is 7.46. The van der Waals surface area contributed by atoms with Crippen LogP contribution in [0.25, 0.3) is 11.0 Å². The van der Waals surface area contributed by atoms with Crippen LogP contribution in [0.1, 0.15) is 12.8 Å². The van der Waals surface area contributed by atoms with Crippen molar-refractivity contribution in [2.75, 3.05) is 31.6 Å². The smallest absolute Gasteiger partial charge is 0.271 e. The van der Waals surface area contributed by atoms with Crippen LogP contribution in [-0.2, 0) is 0 Å². The number of anilines is 1. The first-order valence-electron chi connectivity index (χ1n) is 7.46. The Balaban J connectivity index is 0.00000192. The Hall–Kier alpha value is -1.99. The van der Waals surface area contributed by atoms with Gasteiger partial charge in [-0.2, -0.15) is 0 Å². The average Bonchev–Trinajstić information content (AvgIpc) is 2.54. The van der Waals surface area contributed by atoms with Crippen LogP contribution < -0.4 is 10.2 Å². The Bertz CT molecular complexity index is 691. The first-order chi connectivity index (χ1) is 10.6. The topological polar surface area (TPSA) is 84.2 Å². The Morgan fingerprint density at radius 3 is 2.96 bits per heavy atom. The fourth-order valence-electron chi connectivity index (χ4n) is 2.85. The van der Waals surface area contributed by atoms with Crippen molar-refractivity contribution in [3.8, 4) is 0 Å². The van der Waals surface area contributed by atoms with Gasteiger partial charge >= 0.3 is 0 Å². The number of nitrogens with zero attached hydrogens (tertiary/aromatic N) is 4. The number of piperidine rings is 1. The molecule has 1 saturated heterocycles. The zero-order valence-electron chi connectivity index (χ0n) is 12.9. The van der Waals surface area contributed by atoms with E-state index in [4.69, 9.17) is 0 Å². The number of nitrogens with one attached hydrogen (secondary N) is 1. The summed E-state index contributed by atoms with van der Waals surface area (Å²) in [5, 5.41) is 14.2. The summed E-state index contributed by atoms with van der Waals surface area (Å²) in [6, 6.07) is 4.57. The number of nitro benzene ring substituents is 1. The second-order valence-electron chi connectivity index (χ2n) is 5.75. The third-order valence-electron chi connectivity index (χ3n) is 4.05. The fraction of sp³-hybridized carbons (Fsp3) is 0.467. The van der Waals surface area contributed by atoms with Crippen LogP contribution in [-0.4, -0.2) is 41.6 Å². The van der Waals surface area contributed by atoms with E-state index >= 15 is 0 Å². The molecule has 1 aliphatic heterocycles. The quantitative estimate of drug-likeness (QED) is 0.681. The lowest BCUT2D eigenvalue weighted by molar-refractivity contribution is -0.384. The Labute approximate surface area is 140 Å². The van der Waals surface area contributed by atoms with Crippen LogP contribution in [0.15, 0.2) is 24.4 Å². The zero-order valence-corrected chi connectivity index (χ0v) is 13.8. The molecule has 0 aliphatic carbocycles. The van der Waals surface area contributed by atoms with Gasteiger partial charge in [-0.1, -0.05) is 0 Å². The number of aromatic nitrogens is 2. The summed E-state index contributed by atoms with van der Waals surface area (Å²) in [7, 11) is 2.01. The van der Waals surface area contributed by atoms with Gasteiger partial charge < -0.3 is 10.2 Å². The van der Waals surface area contributed by atoms with Crippen molar-refractivity contribution in [1.29, 1.82) is 0 Å². The lowest BCUT2D eigenvalue weighted by atomic mass is 9.99. The number of benzene rings is 1. The highest BCUT2D eigenvalue weighted by atomic mass is 35.5. The molecular weight excluding hydrogens is 318 g/mol. The Kier molecular flexibility index (Phi) is 5.68. The molecule has 1 fully saturated rings. The van der Waals surface area contributed by atoms with Crippen molar-refractivity contribution in [2.24, 2.45) is 5.92 Å². The largest absolute Gasteiger partial charge is 0.358 e. The minimum Gasteiger partial charge on any atom is -0.358 e.